The highest BCUT2D eigenvalue weighted by Gasteiger charge is 2.09. The number of halogens is 1. The van der Waals surface area contributed by atoms with Crippen molar-refractivity contribution in [1.29, 1.82) is 0 Å². The van der Waals surface area contributed by atoms with Gasteiger partial charge in [-0.3, -0.25) is 5.32 Å². The summed E-state index contributed by atoms with van der Waals surface area (Å²) in [5.74, 6) is 2.32. The number of amides is 1. The van der Waals surface area contributed by atoms with Crippen molar-refractivity contribution >= 4 is 33.7 Å². The lowest BCUT2D eigenvalue weighted by Gasteiger charge is -2.09. The smallest absolute Gasteiger partial charge is 0.412 e. The minimum atomic E-state index is -3.90. The number of carbonyl (C=O) groups is 1. The van der Waals surface area contributed by atoms with Crippen LogP contribution in [-0.4, -0.2) is 27.2 Å². The molecule has 9 heteroatoms. The molecule has 0 aliphatic carbocycles. The Bertz CT molecular complexity index is 681. The maximum Gasteiger partial charge on any atom is 0.412 e. The van der Waals surface area contributed by atoms with Gasteiger partial charge < -0.3 is 8.92 Å². The predicted octanol–water partition coefficient (Wildman–Crippen LogP) is 2.11. The molecule has 2 N–H and O–H groups in total. The Kier molecular flexibility index (Phi) is 6.98. The highest BCUT2D eigenvalue weighted by molar-refractivity contribution is 7.84. The number of hydrogen-bond donors (Lipinski definition) is 2. The van der Waals surface area contributed by atoms with Crippen LogP contribution in [0.2, 0.25) is 5.02 Å². The lowest BCUT2D eigenvalue weighted by atomic mass is 10.3. The van der Waals surface area contributed by atoms with Gasteiger partial charge in [-0.1, -0.05) is 24.6 Å². The van der Waals surface area contributed by atoms with Gasteiger partial charge in [-0.2, -0.15) is 13.1 Å². The zero-order valence-electron chi connectivity index (χ0n) is 11.9. The molecule has 7 nitrogen and oxygen atoms in total. The summed E-state index contributed by atoms with van der Waals surface area (Å²) >= 11 is 5.78. The van der Waals surface area contributed by atoms with Crippen molar-refractivity contribution in [2.24, 2.45) is 0 Å². The fourth-order valence-corrected chi connectivity index (χ4v) is 2.03. The van der Waals surface area contributed by atoms with Crippen LogP contribution in [0.25, 0.3) is 0 Å². The maximum atomic E-state index is 11.6. The van der Waals surface area contributed by atoms with Gasteiger partial charge in [0.15, 0.2) is 6.10 Å². The maximum absolute atomic E-state index is 11.6. The topological polar surface area (TPSA) is 93.7 Å². The first-order valence-corrected chi connectivity index (χ1v) is 8.03. The van der Waals surface area contributed by atoms with Gasteiger partial charge in [-0.15, -0.1) is 0 Å². The van der Waals surface area contributed by atoms with Crippen LogP contribution < -0.4 is 10.0 Å². The van der Waals surface area contributed by atoms with Crippen molar-refractivity contribution in [2.75, 3.05) is 11.9 Å². The molecular weight excluding hydrogens is 332 g/mol. The molecule has 1 rings (SSSR count). The zero-order chi connectivity index (χ0) is 16.6. The first kappa shape index (κ1) is 18.1. The van der Waals surface area contributed by atoms with Crippen molar-refractivity contribution in [3.63, 3.8) is 0 Å². The SMILES string of the molecule is CCNS(=O)(=O)OC#CC(C)OC(=O)Nc1cccc(Cl)c1. The Morgan fingerprint density at radius 3 is 2.82 bits per heavy atom. The van der Waals surface area contributed by atoms with Crippen LogP contribution in [0.4, 0.5) is 10.5 Å². The van der Waals surface area contributed by atoms with Crippen LogP contribution in [0.3, 0.4) is 0 Å². The summed E-state index contributed by atoms with van der Waals surface area (Å²) in [5.41, 5.74) is 0.462. The largest absolute Gasteiger partial charge is 0.433 e. The summed E-state index contributed by atoms with van der Waals surface area (Å²) < 4.78 is 33.6. The van der Waals surface area contributed by atoms with Gasteiger partial charge in [-0.05, 0) is 31.0 Å². The molecule has 1 aromatic carbocycles. The van der Waals surface area contributed by atoms with Gasteiger partial charge in [0.05, 0.1) is 0 Å². The van der Waals surface area contributed by atoms with Gasteiger partial charge >= 0.3 is 16.4 Å². The molecule has 0 fully saturated rings. The summed E-state index contributed by atoms with van der Waals surface area (Å²) in [6.07, 6.45) is 0.346. The van der Waals surface area contributed by atoms with Crippen LogP contribution >= 0.6 is 11.6 Å². The van der Waals surface area contributed by atoms with E-state index in [0.717, 1.165) is 0 Å². The van der Waals surface area contributed by atoms with Crippen molar-refractivity contribution in [3.05, 3.63) is 29.3 Å². The fourth-order valence-electron chi connectivity index (χ4n) is 1.27. The summed E-state index contributed by atoms with van der Waals surface area (Å²) in [6.45, 7) is 3.24. The van der Waals surface area contributed by atoms with Crippen molar-refractivity contribution in [3.8, 4) is 12.0 Å². The molecule has 0 radical (unpaired) electrons. The van der Waals surface area contributed by atoms with Crippen molar-refractivity contribution < 1.29 is 22.1 Å². The molecule has 0 aliphatic rings. The molecule has 1 amide bonds. The molecule has 1 unspecified atom stereocenters. The Labute approximate surface area is 134 Å². The molecule has 1 aromatic rings. The van der Waals surface area contributed by atoms with Gasteiger partial charge in [0.2, 0.25) is 0 Å². The molecule has 0 saturated heterocycles. The lowest BCUT2D eigenvalue weighted by molar-refractivity contribution is 0.145. The first-order chi connectivity index (χ1) is 10.3. The minimum Gasteiger partial charge on any atom is -0.433 e. The molecule has 0 bridgehead atoms. The third-order valence-electron chi connectivity index (χ3n) is 2.09. The number of rotatable bonds is 5. The summed E-state index contributed by atoms with van der Waals surface area (Å²) in [5, 5.41) is 2.92. The average molecular weight is 347 g/mol. The second-order valence-electron chi connectivity index (χ2n) is 3.96. The van der Waals surface area contributed by atoms with Crippen LogP contribution in [0.15, 0.2) is 24.3 Å². The Morgan fingerprint density at radius 2 is 2.18 bits per heavy atom. The van der Waals surface area contributed by atoms with E-state index in [2.05, 4.69) is 20.1 Å². The summed E-state index contributed by atoms with van der Waals surface area (Å²) in [4.78, 5) is 11.6. The van der Waals surface area contributed by atoms with E-state index in [1.807, 2.05) is 6.11 Å². The monoisotopic (exact) mass is 346 g/mol. The Balaban J connectivity index is 2.48. The highest BCUT2D eigenvalue weighted by Crippen LogP contribution is 2.15. The number of anilines is 1. The van der Waals surface area contributed by atoms with E-state index in [-0.39, 0.29) is 6.54 Å². The third-order valence-corrected chi connectivity index (χ3v) is 3.27. The van der Waals surface area contributed by atoms with Crippen LogP contribution in [0.5, 0.6) is 0 Å². The molecular formula is C13H15ClN2O5S. The van der Waals surface area contributed by atoms with Crippen LogP contribution in [0.1, 0.15) is 13.8 Å². The minimum absolute atomic E-state index is 0.179. The highest BCUT2D eigenvalue weighted by atomic mass is 35.5. The van der Waals surface area contributed by atoms with E-state index in [4.69, 9.17) is 16.3 Å². The van der Waals surface area contributed by atoms with E-state index in [9.17, 15) is 13.2 Å². The molecule has 0 spiro atoms. The number of benzene rings is 1. The Morgan fingerprint density at radius 1 is 1.45 bits per heavy atom. The van der Waals surface area contributed by atoms with Crippen LogP contribution in [-0.2, 0) is 19.2 Å². The van der Waals surface area contributed by atoms with Gasteiger partial charge in [0.25, 0.3) is 0 Å². The number of ether oxygens (including phenoxy) is 1. The van der Waals surface area contributed by atoms with Gasteiger partial charge in [-0.25, -0.2) is 4.79 Å². The lowest BCUT2D eigenvalue weighted by Crippen LogP contribution is -2.24. The summed E-state index contributed by atoms with van der Waals surface area (Å²) in [7, 11) is -3.90. The molecule has 0 aliphatic heterocycles. The zero-order valence-corrected chi connectivity index (χ0v) is 13.5. The summed E-state index contributed by atoms with van der Waals surface area (Å²) in [6, 6.07) is 6.51. The van der Waals surface area contributed by atoms with E-state index >= 15 is 0 Å². The Hall–Kier alpha value is -1.95. The van der Waals surface area contributed by atoms with E-state index < -0.39 is 22.5 Å². The first-order valence-electron chi connectivity index (χ1n) is 6.24. The van der Waals surface area contributed by atoms with Gasteiger partial charge in [0.1, 0.15) is 6.11 Å². The molecule has 0 saturated carbocycles. The average Bonchev–Trinajstić information content (AvgIpc) is 2.37. The molecule has 1 atom stereocenters. The third kappa shape index (κ3) is 7.17. The predicted molar refractivity (Wildman–Crippen MR) is 82.5 cm³/mol. The molecule has 0 heterocycles. The number of carbonyl (C=O) groups excluding carboxylic acids is 1. The second kappa shape index (κ2) is 8.48. The normalized spacial score (nSPS) is 11.8. The quantitative estimate of drug-likeness (QED) is 0.796. The van der Waals surface area contributed by atoms with E-state index in [1.165, 1.54) is 6.92 Å². The van der Waals surface area contributed by atoms with Crippen molar-refractivity contribution in [2.45, 2.75) is 20.0 Å². The van der Waals surface area contributed by atoms with Gasteiger partial charge in [0, 0.05) is 17.3 Å². The standard InChI is InChI=1S/C13H15ClN2O5S/c1-3-15-22(18,19)20-8-7-10(2)21-13(17)16-12-6-4-5-11(14)9-12/h4-6,9-10,15H,3H2,1-2H3,(H,16,17). The molecule has 22 heavy (non-hydrogen) atoms. The molecule has 120 valence electrons. The number of hydrogen-bond acceptors (Lipinski definition) is 5. The molecule has 0 aromatic heterocycles. The van der Waals surface area contributed by atoms with E-state index in [1.54, 1.807) is 31.2 Å². The fraction of sp³-hybridized carbons (Fsp3) is 0.308. The van der Waals surface area contributed by atoms with Crippen molar-refractivity contribution in [1.82, 2.24) is 4.72 Å². The second-order valence-corrected chi connectivity index (χ2v) is 5.76. The number of nitrogens with one attached hydrogen (secondary N) is 2. The van der Waals surface area contributed by atoms with Crippen LogP contribution in [0, 0.1) is 12.0 Å². The van der Waals surface area contributed by atoms with E-state index in [0.29, 0.717) is 10.7 Å².